The molecule has 0 saturated carbocycles. The van der Waals surface area contributed by atoms with Crippen LogP contribution in [0, 0.1) is 10.1 Å². The molecule has 0 radical (unpaired) electrons. The Labute approximate surface area is 216 Å². The fraction of sp³-hybridized carbons (Fsp3) is 0.393. The number of aromatic nitrogens is 1. The fourth-order valence-electron chi connectivity index (χ4n) is 4.20. The molecular formula is C28H33N3O6. The molecule has 2 heterocycles. The summed E-state index contributed by atoms with van der Waals surface area (Å²) < 4.78 is 18.9. The summed E-state index contributed by atoms with van der Waals surface area (Å²) >= 11 is 0. The van der Waals surface area contributed by atoms with E-state index in [-0.39, 0.29) is 5.97 Å². The Hall–Kier alpha value is -3.69. The minimum Gasteiger partial charge on any atom is -0.492 e. The average Bonchev–Trinajstić information content (AvgIpc) is 3.19. The number of carbonyl (C=O) groups is 1. The lowest BCUT2D eigenvalue weighted by atomic mass is 10.1. The number of benzene rings is 2. The monoisotopic (exact) mass is 507 g/mol. The first-order chi connectivity index (χ1) is 17.7. The van der Waals surface area contributed by atoms with E-state index in [2.05, 4.69) is 4.90 Å². The van der Waals surface area contributed by atoms with Crippen molar-refractivity contribution in [3.63, 3.8) is 0 Å². The van der Waals surface area contributed by atoms with Crippen molar-refractivity contribution >= 4 is 22.9 Å². The summed E-state index contributed by atoms with van der Waals surface area (Å²) in [4.78, 5) is 25.1. The predicted molar refractivity (Wildman–Crippen MR) is 141 cm³/mol. The fourth-order valence-corrected chi connectivity index (χ4v) is 4.20. The second kappa shape index (κ2) is 11.6. The molecule has 0 amide bonds. The van der Waals surface area contributed by atoms with Gasteiger partial charge in [-0.05, 0) is 56.7 Å². The van der Waals surface area contributed by atoms with E-state index in [4.69, 9.17) is 14.2 Å². The number of nitro groups is 1. The summed E-state index contributed by atoms with van der Waals surface area (Å²) in [6, 6.07) is 13.1. The van der Waals surface area contributed by atoms with E-state index < -0.39 is 10.5 Å². The van der Waals surface area contributed by atoms with Crippen LogP contribution in [0.1, 0.15) is 42.3 Å². The molecule has 9 heteroatoms. The van der Waals surface area contributed by atoms with Crippen molar-refractivity contribution < 1.29 is 23.9 Å². The van der Waals surface area contributed by atoms with Gasteiger partial charge in [-0.1, -0.05) is 12.1 Å². The smallest absolute Gasteiger partial charge is 0.338 e. The maximum Gasteiger partial charge on any atom is 0.338 e. The van der Waals surface area contributed by atoms with Crippen LogP contribution in [-0.4, -0.2) is 65.4 Å². The van der Waals surface area contributed by atoms with Crippen LogP contribution in [0.4, 0.5) is 0 Å². The topological polar surface area (TPSA) is 96.1 Å². The highest BCUT2D eigenvalue weighted by Gasteiger charge is 2.18. The van der Waals surface area contributed by atoms with Gasteiger partial charge in [0.05, 0.1) is 23.7 Å². The van der Waals surface area contributed by atoms with Gasteiger partial charge in [0.25, 0.3) is 0 Å². The summed E-state index contributed by atoms with van der Waals surface area (Å²) in [6.07, 6.45) is 4.34. The van der Waals surface area contributed by atoms with Gasteiger partial charge in [-0.2, -0.15) is 0 Å². The van der Waals surface area contributed by atoms with Crippen LogP contribution in [0.15, 0.2) is 54.9 Å². The lowest BCUT2D eigenvalue weighted by Gasteiger charge is -2.26. The molecule has 0 unspecified atom stereocenters. The Morgan fingerprint density at radius 2 is 1.86 bits per heavy atom. The summed E-state index contributed by atoms with van der Waals surface area (Å²) in [7, 11) is 0. The third-order valence-corrected chi connectivity index (χ3v) is 5.98. The molecule has 1 aliphatic heterocycles. The van der Waals surface area contributed by atoms with Gasteiger partial charge in [-0.25, -0.2) is 4.79 Å². The molecule has 0 aliphatic carbocycles. The largest absolute Gasteiger partial charge is 0.492 e. The van der Waals surface area contributed by atoms with Gasteiger partial charge in [0.1, 0.15) is 18.0 Å². The van der Waals surface area contributed by atoms with E-state index in [1.54, 1.807) is 12.1 Å². The van der Waals surface area contributed by atoms with E-state index >= 15 is 0 Å². The van der Waals surface area contributed by atoms with Gasteiger partial charge in [0.2, 0.25) is 6.20 Å². The lowest BCUT2D eigenvalue weighted by molar-refractivity contribution is -0.400. The van der Waals surface area contributed by atoms with Crippen LogP contribution in [-0.2, 0) is 16.0 Å². The minimum atomic E-state index is -0.557. The Morgan fingerprint density at radius 3 is 2.54 bits per heavy atom. The van der Waals surface area contributed by atoms with Crippen molar-refractivity contribution in [2.24, 2.45) is 0 Å². The molecule has 4 rings (SSSR count). The number of hydrogen-bond acceptors (Lipinski definition) is 7. The molecule has 196 valence electrons. The third-order valence-electron chi connectivity index (χ3n) is 5.98. The number of morpholine rings is 1. The molecule has 3 aromatic rings. The molecule has 37 heavy (non-hydrogen) atoms. The lowest BCUT2D eigenvalue weighted by Crippen LogP contribution is -2.38. The number of esters is 1. The molecule has 0 atom stereocenters. The summed E-state index contributed by atoms with van der Waals surface area (Å²) in [5.74, 6) is 0.356. The van der Waals surface area contributed by atoms with Gasteiger partial charge in [-0.3, -0.25) is 15.0 Å². The number of rotatable bonds is 9. The van der Waals surface area contributed by atoms with Crippen LogP contribution in [0.3, 0.4) is 0 Å². The molecule has 2 aromatic carbocycles. The maximum atomic E-state index is 12.3. The highest BCUT2D eigenvalue weighted by Crippen LogP contribution is 2.28. The first-order valence-electron chi connectivity index (χ1n) is 12.4. The van der Waals surface area contributed by atoms with Crippen molar-refractivity contribution in [2.75, 3.05) is 39.5 Å². The average molecular weight is 508 g/mol. The zero-order chi connectivity index (χ0) is 26.4. The summed E-state index contributed by atoms with van der Waals surface area (Å²) in [5, 5.41) is 11.8. The van der Waals surface area contributed by atoms with Gasteiger partial charge in [-0.15, -0.1) is 0 Å². The number of nitrogens with zero attached hydrogens (tertiary/aromatic N) is 3. The van der Waals surface area contributed by atoms with Gasteiger partial charge < -0.3 is 18.8 Å². The van der Waals surface area contributed by atoms with Crippen LogP contribution in [0.5, 0.6) is 5.75 Å². The molecule has 9 nitrogen and oxygen atoms in total. The second-order valence-corrected chi connectivity index (χ2v) is 9.99. The summed E-state index contributed by atoms with van der Waals surface area (Å²) in [5.41, 5.74) is 2.58. The zero-order valence-electron chi connectivity index (χ0n) is 21.5. The van der Waals surface area contributed by atoms with Crippen molar-refractivity contribution in [3.05, 3.63) is 81.7 Å². The van der Waals surface area contributed by atoms with Crippen LogP contribution in [0.2, 0.25) is 0 Å². The maximum absolute atomic E-state index is 12.3. The zero-order valence-corrected chi connectivity index (χ0v) is 21.5. The molecule has 1 aliphatic rings. The van der Waals surface area contributed by atoms with Crippen LogP contribution >= 0.6 is 0 Å². The van der Waals surface area contributed by atoms with E-state index in [9.17, 15) is 14.9 Å². The minimum absolute atomic E-state index is 0.362. The molecule has 1 aromatic heterocycles. The standard InChI is InChI=1S/C28H33N3O6/c1-28(2,3)37-27(32)22-6-4-21(5-7-22)19-30-20-23(10-11-31(33)34)25-18-24(8-9-26(25)30)36-17-14-29-12-15-35-16-13-29/h4-11,18,20H,12-17,19H2,1-3H3/b11-10+. The molecule has 1 saturated heterocycles. The van der Waals surface area contributed by atoms with Crippen LogP contribution in [0.25, 0.3) is 17.0 Å². The third kappa shape index (κ3) is 7.41. The van der Waals surface area contributed by atoms with E-state index in [1.165, 1.54) is 6.08 Å². The Kier molecular flexibility index (Phi) is 8.25. The van der Waals surface area contributed by atoms with E-state index in [0.29, 0.717) is 18.7 Å². The van der Waals surface area contributed by atoms with Gasteiger partial charge in [0, 0.05) is 54.9 Å². The Balaban J connectivity index is 1.51. The van der Waals surface area contributed by atoms with Crippen molar-refractivity contribution in [1.29, 1.82) is 0 Å². The Morgan fingerprint density at radius 1 is 1.14 bits per heavy atom. The van der Waals surface area contributed by atoms with E-state index in [0.717, 1.165) is 66.8 Å². The van der Waals surface area contributed by atoms with Crippen LogP contribution < -0.4 is 4.74 Å². The molecule has 1 fully saturated rings. The van der Waals surface area contributed by atoms with E-state index in [1.807, 2.05) is 61.9 Å². The molecule has 0 bridgehead atoms. The number of ether oxygens (including phenoxy) is 3. The highest BCUT2D eigenvalue weighted by molar-refractivity contribution is 5.91. The molecule has 0 spiro atoms. The molecular weight excluding hydrogens is 474 g/mol. The van der Waals surface area contributed by atoms with Gasteiger partial charge >= 0.3 is 5.97 Å². The predicted octanol–water partition coefficient (Wildman–Crippen LogP) is 4.60. The molecule has 0 N–H and O–H groups in total. The van der Waals surface area contributed by atoms with Crippen molar-refractivity contribution in [3.8, 4) is 5.75 Å². The second-order valence-electron chi connectivity index (χ2n) is 9.99. The highest BCUT2D eigenvalue weighted by atomic mass is 16.6. The van der Waals surface area contributed by atoms with Crippen molar-refractivity contribution in [2.45, 2.75) is 32.9 Å². The first-order valence-corrected chi connectivity index (χ1v) is 12.4. The quantitative estimate of drug-likeness (QED) is 0.237. The number of carbonyl (C=O) groups excluding carboxylic acids is 1. The number of hydrogen-bond donors (Lipinski definition) is 0. The first kappa shape index (κ1) is 26.4. The summed E-state index contributed by atoms with van der Waals surface area (Å²) in [6.45, 7) is 10.7. The van der Waals surface area contributed by atoms with Crippen molar-refractivity contribution in [1.82, 2.24) is 9.47 Å². The van der Waals surface area contributed by atoms with Gasteiger partial charge in [0.15, 0.2) is 0 Å². The SMILES string of the molecule is CC(C)(C)OC(=O)c1ccc(Cn2cc(/C=C/[N+](=O)[O-])c3cc(OCCN4CCOCC4)ccc32)cc1. The normalized spacial score (nSPS) is 14.8. The number of fused-ring (bicyclic) bond motifs is 1. The Bertz CT molecular complexity index is 1270.